The molecule has 2 aromatic rings. The summed E-state index contributed by atoms with van der Waals surface area (Å²) in [5.74, 6) is -0.209. The minimum Gasteiger partial charge on any atom is -0.465 e. The highest BCUT2D eigenvalue weighted by molar-refractivity contribution is 8.00. The molecule has 0 unspecified atom stereocenters. The monoisotopic (exact) mass is 337 g/mol. The van der Waals surface area contributed by atoms with Crippen LogP contribution in [0.15, 0.2) is 30.3 Å². The molecule has 1 aromatic carbocycles. The van der Waals surface area contributed by atoms with Gasteiger partial charge in [-0.15, -0.1) is 22.0 Å². The van der Waals surface area contributed by atoms with Gasteiger partial charge in [-0.05, 0) is 6.92 Å². The lowest BCUT2D eigenvalue weighted by molar-refractivity contribution is -0.139. The van der Waals surface area contributed by atoms with Crippen LogP contribution in [0.25, 0.3) is 10.6 Å². The van der Waals surface area contributed by atoms with Crippen molar-refractivity contribution >= 4 is 40.1 Å². The third-order valence-corrected chi connectivity index (χ3v) is 4.24. The van der Waals surface area contributed by atoms with Gasteiger partial charge in [-0.3, -0.25) is 14.9 Å². The Morgan fingerprint density at radius 1 is 1.23 bits per heavy atom. The Bertz CT molecular complexity index is 631. The smallest absolute Gasteiger partial charge is 0.315 e. The predicted octanol–water partition coefficient (Wildman–Crippen LogP) is 2.44. The van der Waals surface area contributed by atoms with E-state index in [1.54, 1.807) is 6.92 Å². The zero-order valence-electron chi connectivity index (χ0n) is 11.9. The molecule has 22 heavy (non-hydrogen) atoms. The van der Waals surface area contributed by atoms with Crippen LogP contribution in [-0.4, -0.2) is 40.2 Å². The number of anilines is 1. The van der Waals surface area contributed by atoms with Gasteiger partial charge < -0.3 is 4.74 Å². The zero-order valence-corrected chi connectivity index (χ0v) is 13.6. The predicted molar refractivity (Wildman–Crippen MR) is 87.9 cm³/mol. The van der Waals surface area contributed by atoms with Gasteiger partial charge in [0.1, 0.15) is 5.01 Å². The van der Waals surface area contributed by atoms with Crippen molar-refractivity contribution in [1.82, 2.24) is 10.2 Å². The van der Waals surface area contributed by atoms with Crippen molar-refractivity contribution in [2.45, 2.75) is 6.92 Å². The second-order valence-corrected chi connectivity index (χ2v) is 6.09. The van der Waals surface area contributed by atoms with Crippen LogP contribution in [0, 0.1) is 0 Å². The quantitative estimate of drug-likeness (QED) is 0.782. The lowest BCUT2D eigenvalue weighted by atomic mass is 10.2. The minimum absolute atomic E-state index is 0.159. The highest BCUT2D eigenvalue weighted by atomic mass is 32.2. The van der Waals surface area contributed by atoms with E-state index in [0.29, 0.717) is 11.7 Å². The molecule has 1 heterocycles. The molecular weight excluding hydrogens is 322 g/mol. The molecule has 0 fully saturated rings. The van der Waals surface area contributed by atoms with Crippen LogP contribution in [0.2, 0.25) is 0 Å². The molecule has 0 bridgehead atoms. The summed E-state index contributed by atoms with van der Waals surface area (Å²) in [4.78, 5) is 22.9. The Balaban J connectivity index is 1.80. The standard InChI is InChI=1S/C14H15N3O3S2/c1-2-20-12(19)9-21-8-11(18)15-14-17-16-13(22-14)10-6-4-3-5-7-10/h3-7H,2,8-9H2,1H3,(H,15,17,18). The first-order chi connectivity index (χ1) is 10.7. The third-order valence-electron chi connectivity index (χ3n) is 2.45. The Morgan fingerprint density at radius 3 is 2.73 bits per heavy atom. The number of carbonyl (C=O) groups excluding carboxylic acids is 2. The molecule has 0 aliphatic heterocycles. The lowest BCUT2D eigenvalue weighted by Crippen LogP contribution is -2.16. The van der Waals surface area contributed by atoms with E-state index in [1.807, 2.05) is 30.3 Å². The first-order valence-electron chi connectivity index (χ1n) is 6.61. The van der Waals surface area contributed by atoms with Crippen molar-refractivity contribution in [3.05, 3.63) is 30.3 Å². The molecule has 2 rings (SSSR count). The largest absolute Gasteiger partial charge is 0.465 e. The molecule has 1 aromatic heterocycles. The van der Waals surface area contributed by atoms with Crippen LogP contribution in [0.5, 0.6) is 0 Å². The second kappa shape index (κ2) is 8.50. The van der Waals surface area contributed by atoms with E-state index in [9.17, 15) is 9.59 Å². The van der Waals surface area contributed by atoms with E-state index < -0.39 is 0 Å². The van der Waals surface area contributed by atoms with Gasteiger partial charge in [0.05, 0.1) is 18.1 Å². The molecule has 0 saturated carbocycles. The van der Waals surface area contributed by atoms with Crippen molar-refractivity contribution in [3.63, 3.8) is 0 Å². The third kappa shape index (κ3) is 5.12. The summed E-state index contributed by atoms with van der Waals surface area (Å²) in [6, 6.07) is 9.62. The number of aromatic nitrogens is 2. The van der Waals surface area contributed by atoms with Crippen molar-refractivity contribution in [2.75, 3.05) is 23.4 Å². The van der Waals surface area contributed by atoms with Crippen LogP contribution in [0.1, 0.15) is 6.92 Å². The summed E-state index contributed by atoms with van der Waals surface area (Å²) in [6.45, 7) is 2.09. The van der Waals surface area contributed by atoms with E-state index >= 15 is 0 Å². The maximum atomic E-state index is 11.8. The normalized spacial score (nSPS) is 10.2. The van der Waals surface area contributed by atoms with Gasteiger partial charge in [0.2, 0.25) is 11.0 Å². The molecule has 6 nitrogen and oxygen atoms in total. The molecule has 0 saturated heterocycles. The van der Waals surface area contributed by atoms with Gasteiger partial charge in [-0.2, -0.15) is 0 Å². The van der Waals surface area contributed by atoms with E-state index in [1.165, 1.54) is 23.1 Å². The van der Waals surface area contributed by atoms with Gasteiger partial charge in [0.25, 0.3) is 0 Å². The first-order valence-corrected chi connectivity index (χ1v) is 8.58. The van der Waals surface area contributed by atoms with Crippen molar-refractivity contribution in [3.8, 4) is 10.6 Å². The number of hydrogen-bond acceptors (Lipinski definition) is 7. The molecule has 116 valence electrons. The Hall–Kier alpha value is -1.93. The van der Waals surface area contributed by atoms with Gasteiger partial charge >= 0.3 is 5.97 Å². The maximum absolute atomic E-state index is 11.8. The fourth-order valence-corrected chi connectivity index (χ4v) is 2.93. The summed E-state index contributed by atoms with van der Waals surface area (Å²) in [5, 5.41) is 11.8. The summed E-state index contributed by atoms with van der Waals surface area (Å²) in [7, 11) is 0. The van der Waals surface area contributed by atoms with Crippen molar-refractivity contribution in [2.24, 2.45) is 0 Å². The van der Waals surface area contributed by atoms with E-state index in [-0.39, 0.29) is 23.4 Å². The molecule has 0 atom stereocenters. The lowest BCUT2D eigenvalue weighted by Gasteiger charge is -2.01. The molecule has 0 spiro atoms. The molecule has 0 aliphatic rings. The number of amides is 1. The highest BCUT2D eigenvalue weighted by Gasteiger charge is 2.10. The fraction of sp³-hybridized carbons (Fsp3) is 0.286. The molecule has 0 radical (unpaired) electrons. The van der Waals surface area contributed by atoms with Crippen LogP contribution in [0.3, 0.4) is 0 Å². The Labute approximate surface area is 136 Å². The van der Waals surface area contributed by atoms with E-state index in [4.69, 9.17) is 4.74 Å². The number of hydrogen-bond donors (Lipinski definition) is 1. The number of rotatable bonds is 7. The average molecular weight is 337 g/mol. The summed E-state index contributed by atoms with van der Waals surface area (Å²) < 4.78 is 4.78. The summed E-state index contributed by atoms with van der Waals surface area (Å²) in [5.41, 5.74) is 0.956. The van der Waals surface area contributed by atoms with Gasteiger partial charge in [-0.25, -0.2) is 0 Å². The van der Waals surface area contributed by atoms with E-state index in [2.05, 4.69) is 15.5 Å². The zero-order chi connectivity index (χ0) is 15.8. The first kappa shape index (κ1) is 16.4. The molecular formula is C14H15N3O3S2. The number of esters is 1. The molecule has 8 heteroatoms. The number of carbonyl (C=O) groups is 2. The number of thioether (sulfide) groups is 1. The number of nitrogens with zero attached hydrogens (tertiary/aromatic N) is 2. The minimum atomic E-state index is -0.317. The molecule has 0 aliphatic carbocycles. The van der Waals surface area contributed by atoms with Crippen LogP contribution < -0.4 is 5.32 Å². The Morgan fingerprint density at radius 2 is 2.00 bits per heavy atom. The van der Waals surface area contributed by atoms with Crippen LogP contribution in [-0.2, 0) is 14.3 Å². The van der Waals surface area contributed by atoms with Crippen molar-refractivity contribution in [1.29, 1.82) is 0 Å². The van der Waals surface area contributed by atoms with Crippen LogP contribution >= 0.6 is 23.1 Å². The van der Waals surface area contributed by atoms with E-state index in [0.717, 1.165) is 10.6 Å². The maximum Gasteiger partial charge on any atom is 0.315 e. The average Bonchev–Trinajstić information content (AvgIpc) is 2.97. The van der Waals surface area contributed by atoms with Crippen LogP contribution in [0.4, 0.5) is 5.13 Å². The highest BCUT2D eigenvalue weighted by Crippen LogP contribution is 2.25. The molecule has 1 N–H and O–H groups in total. The van der Waals surface area contributed by atoms with Crippen molar-refractivity contribution < 1.29 is 14.3 Å². The van der Waals surface area contributed by atoms with Gasteiger partial charge in [0.15, 0.2) is 0 Å². The summed E-state index contributed by atoms with van der Waals surface area (Å²) in [6.07, 6.45) is 0. The number of ether oxygens (including phenoxy) is 1. The second-order valence-electron chi connectivity index (χ2n) is 4.12. The summed E-state index contributed by atoms with van der Waals surface area (Å²) >= 11 is 2.51. The number of benzene rings is 1. The molecule has 1 amide bonds. The SMILES string of the molecule is CCOC(=O)CSCC(=O)Nc1nnc(-c2ccccc2)s1. The van der Waals surface area contributed by atoms with Gasteiger partial charge in [-0.1, -0.05) is 41.7 Å². The Kier molecular flexibility index (Phi) is 6.35. The fourth-order valence-electron chi connectivity index (χ4n) is 1.56. The number of nitrogens with one attached hydrogen (secondary N) is 1. The van der Waals surface area contributed by atoms with Gasteiger partial charge in [0, 0.05) is 5.56 Å². The topological polar surface area (TPSA) is 81.2 Å².